The third kappa shape index (κ3) is 2.70. The molecule has 0 unspecified atom stereocenters. The second-order valence-corrected chi connectivity index (χ2v) is 5.79. The number of alkyl halides is 3. The molecule has 1 aromatic heterocycles. The minimum atomic E-state index is -4.28. The van der Waals surface area contributed by atoms with Crippen LogP contribution in [0.3, 0.4) is 0 Å². The average molecular weight is 292 g/mol. The van der Waals surface area contributed by atoms with E-state index in [2.05, 4.69) is 0 Å². The summed E-state index contributed by atoms with van der Waals surface area (Å²) >= 11 is 1.42. The summed E-state index contributed by atoms with van der Waals surface area (Å²) in [5.41, 5.74) is 0.577. The molecule has 0 fully saturated rings. The highest BCUT2D eigenvalue weighted by Gasteiger charge is 2.30. The number of hydrogen-bond acceptors (Lipinski definition) is 1. The predicted octanol–water partition coefficient (Wildman–Crippen LogP) is 5.51. The van der Waals surface area contributed by atoms with Crippen LogP contribution in [0.15, 0.2) is 54.6 Å². The molecule has 0 nitrogen and oxygen atoms in total. The van der Waals surface area contributed by atoms with Gasteiger partial charge in [0.25, 0.3) is 0 Å². The van der Waals surface area contributed by atoms with Gasteiger partial charge in [-0.1, -0.05) is 36.4 Å². The number of rotatable bonds is 2. The first-order valence-corrected chi connectivity index (χ1v) is 6.97. The first-order chi connectivity index (χ1) is 9.52. The lowest BCUT2D eigenvalue weighted by atomic mass is 10.1. The van der Waals surface area contributed by atoms with Crippen LogP contribution in [0.1, 0.15) is 16.0 Å². The van der Waals surface area contributed by atoms with Crippen molar-refractivity contribution in [2.24, 2.45) is 0 Å². The fourth-order valence-corrected chi connectivity index (χ4v) is 3.28. The molecule has 0 N–H and O–H groups in total. The van der Waals surface area contributed by atoms with E-state index < -0.39 is 11.7 Å². The molecule has 20 heavy (non-hydrogen) atoms. The first kappa shape index (κ1) is 13.2. The Bertz CT molecular complexity index is 726. The minimum absolute atomic E-state index is 0.585. The molecule has 0 spiro atoms. The second kappa shape index (κ2) is 4.94. The first-order valence-electron chi connectivity index (χ1n) is 6.16. The van der Waals surface area contributed by atoms with Gasteiger partial charge in [0, 0.05) is 16.0 Å². The fraction of sp³-hybridized carbons (Fsp3) is 0.125. The third-order valence-electron chi connectivity index (χ3n) is 3.12. The smallest absolute Gasteiger partial charge is 0.166 e. The van der Waals surface area contributed by atoms with Crippen LogP contribution >= 0.6 is 11.3 Å². The van der Waals surface area contributed by atoms with Crippen molar-refractivity contribution < 1.29 is 13.2 Å². The SMILES string of the molecule is FC(F)(F)c1ccc2cc(Cc3ccccc3)sc2c1. The normalized spacial score (nSPS) is 11.9. The fourth-order valence-electron chi connectivity index (χ4n) is 2.15. The Morgan fingerprint density at radius 3 is 2.35 bits per heavy atom. The highest BCUT2D eigenvalue weighted by Crippen LogP contribution is 2.34. The summed E-state index contributed by atoms with van der Waals surface area (Å²) in [6, 6.07) is 15.8. The molecule has 0 radical (unpaired) electrons. The van der Waals surface area contributed by atoms with Gasteiger partial charge in [0.15, 0.2) is 0 Å². The van der Waals surface area contributed by atoms with Gasteiger partial charge in [-0.15, -0.1) is 11.3 Å². The molecule has 4 heteroatoms. The van der Waals surface area contributed by atoms with Crippen LogP contribution in [0.25, 0.3) is 10.1 Å². The largest absolute Gasteiger partial charge is 0.416 e. The predicted molar refractivity (Wildman–Crippen MR) is 76.1 cm³/mol. The van der Waals surface area contributed by atoms with Crippen molar-refractivity contribution in [1.82, 2.24) is 0 Å². The molecule has 0 saturated heterocycles. The highest BCUT2D eigenvalue weighted by molar-refractivity contribution is 7.19. The van der Waals surface area contributed by atoms with E-state index in [1.54, 1.807) is 6.07 Å². The summed E-state index contributed by atoms with van der Waals surface area (Å²) in [5.74, 6) is 0. The van der Waals surface area contributed by atoms with Crippen LogP contribution in [0.2, 0.25) is 0 Å². The van der Waals surface area contributed by atoms with Crippen LogP contribution in [0, 0.1) is 0 Å². The molecule has 102 valence electrons. The van der Waals surface area contributed by atoms with Crippen molar-refractivity contribution in [3.05, 3.63) is 70.6 Å². The number of hydrogen-bond donors (Lipinski definition) is 0. The van der Waals surface area contributed by atoms with E-state index in [1.165, 1.54) is 17.4 Å². The molecule has 3 aromatic rings. The molecule has 0 aliphatic rings. The van der Waals surface area contributed by atoms with Gasteiger partial charge in [0.1, 0.15) is 0 Å². The molecule has 0 amide bonds. The Hall–Kier alpha value is -1.81. The zero-order valence-electron chi connectivity index (χ0n) is 10.4. The number of thiophene rings is 1. The maximum atomic E-state index is 12.7. The van der Waals surface area contributed by atoms with E-state index in [9.17, 15) is 13.2 Å². The van der Waals surface area contributed by atoms with Crippen LogP contribution in [-0.2, 0) is 12.6 Å². The Kier molecular flexibility index (Phi) is 3.26. The van der Waals surface area contributed by atoms with E-state index in [-0.39, 0.29) is 0 Å². The molecule has 0 aliphatic heterocycles. The Balaban J connectivity index is 1.95. The number of fused-ring (bicyclic) bond motifs is 1. The Morgan fingerprint density at radius 1 is 0.900 bits per heavy atom. The minimum Gasteiger partial charge on any atom is -0.166 e. The zero-order valence-corrected chi connectivity index (χ0v) is 11.3. The van der Waals surface area contributed by atoms with E-state index in [0.717, 1.165) is 28.3 Å². The van der Waals surface area contributed by atoms with Crippen molar-refractivity contribution in [2.45, 2.75) is 12.6 Å². The van der Waals surface area contributed by atoms with Crippen LogP contribution in [-0.4, -0.2) is 0 Å². The molecule has 3 rings (SSSR count). The van der Waals surface area contributed by atoms with Gasteiger partial charge in [-0.05, 0) is 29.1 Å². The summed E-state index contributed by atoms with van der Waals surface area (Å²) in [6.07, 6.45) is -3.53. The Morgan fingerprint density at radius 2 is 1.65 bits per heavy atom. The molecule has 2 aromatic carbocycles. The van der Waals surface area contributed by atoms with E-state index in [1.807, 2.05) is 36.4 Å². The summed E-state index contributed by atoms with van der Waals surface area (Å²) in [4.78, 5) is 1.07. The average Bonchev–Trinajstić information content (AvgIpc) is 2.80. The molecule has 0 aliphatic carbocycles. The van der Waals surface area contributed by atoms with Gasteiger partial charge in [-0.25, -0.2) is 0 Å². The maximum absolute atomic E-state index is 12.7. The van der Waals surface area contributed by atoms with Crippen molar-refractivity contribution in [2.75, 3.05) is 0 Å². The van der Waals surface area contributed by atoms with Crippen molar-refractivity contribution in [1.29, 1.82) is 0 Å². The molecular weight excluding hydrogens is 281 g/mol. The van der Waals surface area contributed by atoms with E-state index in [0.29, 0.717) is 4.70 Å². The summed E-state index contributed by atoms with van der Waals surface area (Å²) < 4.78 is 38.7. The number of benzene rings is 2. The van der Waals surface area contributed by atoms with Gasteiger partial charge in [0.2, 0.25) is 0 Å². The van der Waals surface area contributed by atoms with Gasteiger partial charge < -0.3 is 0 Å². The lowest BCUT2D eigenvalue weighted by Crippen LogP contribution is -2.03. The molecule has 1 heterocycles. The van der Waals surface area contributed by atoms with Gasteiger partial charge in [-0.2, -0.15) is 13.2 Å². The number of halogens is 3. The molecular formula is C16H11F3S. The lowest BCUT2D eigenvalue weighted by Gasteiger charge is -2.05. The third-order valence-corrected chi connectivity index (χ3v) is 4.22. The van der Waals surface area contributed by atoms with Crippen molar-refractivity contribution in [3.63, 3.8) is 0 Å². The standard InChI is InChI=1S/C16H11F3S/c17-16(18,19)13-7-6-12-9-14(20-15(12)10-13)8-11-4-2-1-3-5-11/h1-7,9-10H,8H2. The quantitative estimate of drug-likeness (QED) is 0.584. The molecule has 0 bridgehead atoms. The van der Waals surface area contributed by atoms with Gasteiger partial charge in [-0.3, -0.25) is 0 Å². The Labute approximate surface area is 118 Å². The van der Waals surface area contributed by atoms with Crippen LogP contribution in [0.4, 0.5) is 13.2 Å². The van der Waals surface area contributed by atoms with Crippen molar-refractivity contribution in [3.8, 4) is 0 Å². The lowest BCUT2D eigenvalue weighted by molar-refractivity contribution is -0.137. The van der Waals surface area contributed by atoms with Crippen LogP contribution < -0.4 is 0 Å². The van der Waals surface area contributed by atoms with Gasteiger partial charge >= 0.3 is 6.18 Å². The van der Waals surface area contributed by atoms with Crippen LogP contribution in [0.5, 0.6) is 0 Å². The highest BCUT2D eigenvalue weighted by atomic mass is 32.1. The van der Waals surface area contributed by atoms with E-state index in [4.69, 9.17) is 0 Å². The van der Waals surface area contributed by atoms with Crippen molar-refractivity contribution >= 4 is 21.4 Å². The molecule has 0 atom stereocenters. The van der Waals surface area contributed by atoms with E-state index >= 15 is 0 Å². The topological polar surface area (TPSA) is 0 Å². The molecule has 0 saturated carbocycles. The van der Waals surface area contributed by atoms with Gasteiger partial charge in [0.05, 0.1) is 5.56 Å². The summed E-state index contributed by atoms with van der Waals surface area (Å²) in [5, 5.41) is 0.869. The summed E-state index contributed by atoms with van der Waals surface area (Å²) in [6.45, 7) is 0. The second-order valence-electron chi connectivity index (χ2n) is 4.63. The summed E-state index contributed by atoms with van der Waals surface area (Å²) in [7, 11) is 0. The monoisotopic (exact) mass is 292 g/mol. The maximum Gasteiger partial charge on any atom is 0.416 e. The zero-order chi connectivity index (χ0) is 14.2.